The fourth-order valence-corrected chi connectivity index (χ4v) is 3.16. The average Bonchev–Trinajstić information content (AvgIpc) is 3.13. The minimum absolute atomic E-state index is 0.00165. The van der Waals surface area contributed by atoms with E-state index in [4.69, 9.17) is 9.47 Å². The van der Waals surface area contributed by atoms with Crippen molar-refractivity contribution in [2.45, 2.75) is 19.8 Å². The molecule has 0 radical (unpaired) electrons. The lowest BCUT2D eigenvalue weighted by Gasteiger charge is -2.12. The lowest BCUT2D eigenvalue weighted by molar-refractivity contribution is 0.0549. The second-order valence-electron chi connectivity index (χ2n) is 6.70. The number of aromatic nitrogens is 2. The summed E-state index contributed by atoms with van der Waals surface area (Å²) in [5.74, 6) is -1.45. The third-order valence-corrected chi connectivity index (χ3v) is 4.60. The Morgan fingerprint density at radius 1 is 0.966 bits per heavy atom. The summed E-state index contributed by atoms with van der Waals surface area (Å²) in [6.07, 6.45) is 0. The SMILES string of the molecule is COC(=O)c1c(-c2cccc(C(C)C)c2O)nn(-c2ccccc2)c1C(=O)OC. The number of methoxy groups -OCH3 is 2. The van der Waals surface area contributed by atoms with Crippen LogP contribution in [0.4, 0.5) is 0 Å². The number of hydrogen-bond donors (Lipinski definition) is 1. The largest absolute Gasteiger partial charge is 0.507 e. The Bertz CT molecular complexity index is 1050. The van der Waals surface area contributed by atoms with E-state index >= 15 is 0 Å². The summed E-state index contributed by atoms with van der Waals surface area (Å²) >= 11 is 0. The van der Waals surface area contributed by atoms with E-state index in [1.54, 1.807) is 42.5 Å². The van der Waals surface area contributed by atoms with Crippen molar-refractivity contribution in [2.75, 3.05) is 14.2 Å². The fourth-order valence-electron chi connectivity index (χ4n) is 3.16. The van der Waals surface area contributed by atoms with Crippen LogP contribution < -0.4 is 0 Å². The lowest BCUT2D eigenvalue weighted by atomic mass is 9.96. The van der Waals surface area contributed by atoms with Crippen LogP contribution in [0.2, 0.25) is 0 Å². The molecule has 7 heteroatoms. The minimum Gasteiger partial charge on any atom is -0.507 e. The molecule has 29 heavy (non-hydrogen) atoms. The summed E-state index contributed by atoms with van der Waals surface area (Å²) in [4.78, 5) is 25.3. The number of aromatic hydroxyl groups is 1. The maximum absolute atomic E-state index is 12.7. The van der Waals surface area contributed by atoms with Crippen molar-refractivity contribution in [1.29, 1.82) is 0 Å². The highest BCUT2D eigenvalue weighted by atomic mass is 16.5. The lowest BCUT2D eigenvalue weighted by Crippen LogP contribution is -2.15. The molecule has 1 N–H and O–H groups in total. The maximum atomic E-state index is 12.7. The molecular formula is C22H22N2O5. The van der Waals surface area contributed by atoms with E-state index in [-0.39, 0.29) is 28.6 Å². The van der Waals surface area contributed by atoms with Crippen LogP contribution in [0.1, 0.15) is 46.2 Å². The Kier molecular flexibility index (Phi) is 5.68. The summed E-state index contributed by atoms with van der Waals surface area (Å²) in [5.41, 5.74) is 1.59. The molecule has 0 atom stereocenters. The second kappa shape index (κ2) is 8.18. The van der Waals surface area contributed by atoms with E-state index in [2.05, 4.69) is 5.10 Å². The molecule has 0 amide bonds. The maximum Gasteiger partial charge on any atom is 0.357 e. The monoisotopic (exact) mass is 394 g/mol. The van der Waals surface area contributed by atoms with Crippen LogP contribution in [0.3, 0.4) is 0 Å². The summed E-state index contributed by atoms with van der Waals surface area (Å²) in [6, 6.07) is 14.1. The van der Waals surface area contributed by atoms with Gasteiger partial charge < -0.3 is 14.6 Å². The second-order valence-corrected chi connectivity index (χ2v) is 6.70. The molecule has 1 aromatic heterocycles. The topological polar surface area (TPSA) is 90.6 Å². The first kappa shape index (κ1) is 20.1. The zero-order valence-corrected chi connectivity index (χ0v) is 16.7. The van der Waals surface area contributed by atoms with Gasteiger partial charge in [0.15, 0.2) is 5.69 Å². The predicted octanol–water partition coefficient (Wildman–Crippen LogP) is 3.94. The number of carbonyl (C=O) groups is 2. The molecule has 0 bridgehead atoms. The zero-order valence-electron chi connectivity index (χ0n) is 16.7. The van der Waals surface area contributed by atoms with Crippen molar-refractivity contribution in [1.82, 2.24) is 9.78 Å². The van der Waals surface area contributed by atoms with Crippen LogP contribution in [0.15, 0.2) is 48.5 Å². The molecule has 0 saturated carbocycles. The van der Waals surface area contributed by atoms with Gasteiger partial charge in [-0.05, 0) is 29.7 Å². The molecule has 0 spiro atoms. The van der Waals surface area contributed by atoms with Crippen LogP contribution in [-0.2, 0) is 9.47 Å². The van der Waals surface area contributed by atoms with E-state index in [0.29, 0.717) is 16.8 Å². The minimum atomic E-state index is -0.753. The quantitative estimate of drug-likeness (QED) is 0.659. The van der Waals surface area contributed by atoms with Gasteiger partial charge >= 0.3 is 11.9 Å². The van der Waals surface area contributed by atoms with Gasteiger partial charge in [-0.1, -0.05) is 44.2 Å². The van der Waals surface area contributed by atoms with E-state index in [1.165, 1.54) is 18.9 Å². The standard InChI is InChI=1S/C22H22N2O5/c1-13(2)15-11-8-12-16(20(15)25)18-17(21(26)28-3)19(22(27)29-4)24(23-18)14-9-6-5-7-10-14/h5-13,25H,1-4H3. The molecule has 0 unspecified atom stereocenters. The molecule has 0 aliphatic rings. The van der Waals surface area contributed by atoms with Crippen molar-refractivity contribution in [3.63, 3.8) is 0 Å². The summed E-state index contributed by atoms with van der Waals surface area (Å²) in [6.45, 7) is 3.89. The smallest absolute Gasteiger partial charge is 0.357 e. The number of esters is 2. The molecule has 150 valence electrons. The molecule has 1 heterocycles. The first-order chi connectivity index (χ1) is 13.9. The van der Waals surface area contributed by atoms with Crippen LogP contribution in [0.5, 0.6) is 5.75 Å². The van der Waals surface area contributed by atoms with Gasteiger partial charge in [-0.2, -0.15) is 5.10 Å². The van der Waals surface area contributed by atoms with Gasteiger partial charge in [0.25, 0.3) is 0 Å². The average molecular weight is 394 g/mol. The van der Waals surface area contributed by atoms with Crippen molar-refractivity contribution >= 4 is 11.9 Å². The highest BCUT2D eigenvalue weighted by Gasteiger charge is 2.32. The Balaban J connectivity index is 2.39. The molecule has 0 aliphatic heterocycles. The normalized spacial score (nSPS) is 10.8. The number of para-hydroxylation sites is 2. The zero-order chi connectivity index (χ0) is 21.1. The van der Waals surface area contributed by atoms with E-state index < -0.39 is 11.9 Å². The molecule has 0 aliphatic carbocycles. The van der Waals surface area contributed by atoms with Crippen molar-refractivity contribution in [2.24, 2.45) is 0 Å². The van der Waals surface area contributed by atoms with Crippen LogP contribution in [0, 0.1) is 0 Å². The van der Waals surface area contributed by atoms with Gasteiger partial charge in [-0.25, -0.2) is 14.3 Å². The molecule has 3 aromatic rings. The van der Waals surface area contributed by atoms with E-state index in [0.717, 1.165) is 0 Å². The number of ether oxygens (including phenoxy) is 2. The molecule has 0 saturated heterocycles. The van der Waals surface area contributed by atoms with Gasteiger partial charge in [-0.15, -0.1) is 0 Å². The van der Waals surface area contributed by atoms with Crippen molar-refractivity contribution in [3.05, 3.63) is 65.4 Å². The van der Waals surface area contributed by atoms with E-state index in [9.17, 15) is 14.7 Å². The predicted molar refractivity (Wildman–Crippen MR) is 107 cm³/mol. The highest BCUT2D eigenvalue weighted by molar-refractivity contribution is 6.07. The number of hydrogen-bond acceptors (Lipinski definition) is 6. The Hall–Kier alpha value is -3.61. The number of nitrogens with zero attached hydrogens (tertiary/aromatic N) is 2. The number of benzene rings is 2. The van der Waals surface area contributed by atoms with Gasteiger partial charge in [0, 0.05) is 5.56 Å². The first-order valence-electron chi connectivity index (χ1n) is 9.08. The van der Waals surface area contributed by atoms with Crippen LogP contribution in [0.25, 0.3) is 16.9 Å². The molecule has 7 nitrogen and oxygen atoms in total. The van der Waals surface area contributed by atoms with Crippen LogP contribution >= 0.6 is 0 Å². The molecule has 0 fully saturated rings. The number of phenols is 1. The first-order valence-corrected chi connectivity index (χ1v) is 9.08. The number of carbonyl (C=O) groups excluding carboxylic acids is 2. The number of rotatable bonds is 5. The Morgan fingerprint density at radius 2 is 1.62 bits per heavy atom. The van der Waals surface area contributed by atoms with Gasteiger partial charge in [0.1, 0.15) is 17.0 Å². The van der Waals surface area contributed by atoms with E-state index in [1.807, 2.05) is 19.9 Å². The van der Waals surface area contributed by atoms with Gasteiger partial charge in [0.05, 0.1) is 19.9 Å². The molecular weight excluding hydrogens is 372 g/mol. The Morgan fingerprint density at radius 3 is 2.21 bits per heavy atom. The van der Waals surface area contributed by atoms with Crippen molar-refractivity contribution in [3.8, 4) is 22.7 Å². The van der Waals surface area contributed by atoms with Crippen LogP contribution in [-0.4, -0.2) is 41.0 Å². The van der Waals surface area contributed by atoms with Gasteiger partial charge in [-0.3, -0.25) is 0 Å². The summed E-state index contributed by atoms with van der Waals surface area (Å²) < 4.78 is 11.2. The fraction of sp³-hybridized carbons (Fsp3) is 0.227. The summed E-state index contributed by atoms with van der Waals surface area (Å²) in [7, 11) is 2.44. The third kappa shape index (κ3) is 3.59. The highest BCUT2D eigenvalue weighted by Crippen LogP contribution is 2.38. The number of phenolic OH excluding ortho intramolecular Hbond substituents is 1. The molecule has 2 aromatic carbocycles. The Labute approximate surface area is 168 Å². The molecule has 3 rings (SSSR count). The summed E-state index contributed by atoms with van der Waals surface area (Å²) in [5, 5.41) is 15.3. The van der Waals surface area contributed by atoms with Crippen molar-refractivity contribution < 1.29 is 24.2 Å². The van der Waals surface area contributed by atoms with Gasteiger partial charge in [0.2, 0.25) is 0 Å². The third-order valence-electron chi connectivity index (χ3n) is 4.60.